The highest BCUT2D eigenvalue weighted by atomic mass is 16.1. The summed E-state index contributed by atoms with van der Waals surface area (Å²) in [6, 6.07) is 9.93. The molecule has 0 aliphatic rings. The van der Waals surface area contributed by atoms with Gasteiger partial charge in [-0.2, -0.15) is 0 Å². The van der Waals surface area contributed by atoms with E-state index in [4.69, 9.17) is 0 Å². The Morgan fingerprint density at radius 2 is 1.93 bits per heavy atom. The zero-order valence-electron chi connectivity index (χ0n) is 9.36. The molecule has 0 spiro atoms. The van der Waals surface area contributed by atoms with Gasteiger partial charge in [0.2, 0.25) is 6.29 Å². The predicted octanol–water partition coefficient (Wildman–Crippen LogP) is 2.30. The summed E-state index contributed by atoms with van der Waals surface area (Å²) in [6.07, 6.45) is 2.89. The molecule has 0 fully saturated rings. The normalized spacial score (nSPS) is 12.7. The third kappa shape index (κ3) is 4.75. The summed E-state index contributed by atoms with van der Waals surface area (Å²) >= 11 is 0. The molecule has 1 N–H and O–H groups in total. The zero-order chi connectivity index (χ0) is 11.1. The van der Waals surface area contributed by atoms with Gasteiger partial charge in [0, 0.05) is 6.54 Å². The van der Waals surface area contributed by atoms with E-state index in [1.807, 2.05) is 36.6 Å². The number of carbonyl (C=O) groups excluding carboxylic acids is 1. The molecule has 0 bridgehead atoms. The van der Waals surface area contributed by atoms with Crippen LogP contribution in [-0.2, 0) is 11.3 Å². The SMILES string of the molecule is CC(C)C[C@@H]([C]=O)NCc1ccccc1. The van der Waals surface area contributed by atoms with Crippen LogP contribution in [0.25, 0.3) is 0 Å². The van der Waals surface area contributed by atoms with Crippen LogP contribution in [0.5, 0.6) is 0 Å². The molecule has 0 aliphatic heterocycles. The van der Waals surface area contributed by atoms with Crippen LogP contribution in [0.3, 0.4) is 0 Å². The molecule has 2 heteroatoms. The molecule has 0 saturated carbocycles. The van der Waals surface area contributed by atoms with E-state index in [2.05, 4.69) is 19.2 Å². The number of nitrogens with one attached hydrogen (secondary N) is 1. The average molecular weight is 204 g/mol. The standard InChI is InChI=1S/C13H18NO/c1-11(2)8-13(10-15)14-9-12-6-4-3-5-7-12/h3-7,11,13-14H,8-9H2,1-2H3/t13-/m0/s1. The van der Waals surface area contributed by atoms with Crippen LogP contribution in [0.1, 0.15) is 25.8 Å². The highest BCUT2D eigenvalue weighted by Crippen LogP contribution is 2.04. The van der Waals surface area contributed by atoms with Gasteiger partial charge in [0.1, 0.15) is 0 Å². The molecule has 0 saturated heterocycles. The highest BCUT2D eigenvalue weighted by Gasteiger charge is 2.09. The molecule has 0 aliphatic carbocycles. The largest absolute Gasteiger partial charge is 0.303 e. The Morgan fingerprint density at radius 3 is 2.47 bits per heavy atom. The highest BCUT2D eigenvalue weighted by molar-refractivity contribution is 5.58. The topological polar surface area (TPSA) is 29.1 Å². The van der Waals surface area contributed by atoms with Gasteiger partial charge in [0.15, 0.2) is 0 Å². The van der Waals surface area contributed by atoms with Gasteiger partial charge in [-0.15, -0.1) is 0 Å². The Balaban J connectivity index is 2.38. The Labute approximate surface area is 91.7 Å². The van der Waals surface area contributed by atoms with Crippen molar-refractivity contribution in [2.45, 2.75) is 32.9 Å². The summed E-state index contributed by atoms with van der Waals surface area (Å²) in [7, 11) is 0. The minimum absolute atomic E-state index is 0.148. The first-order chi connectivity index (χ1) is 7.22. The van der Waals surface area contributed by atoms with E-state index < -0.39 is 0 Å². The minimum atomic E-state index is -0.148. The van der Waals surface area contributed by atoms with Crippen molar-refractivity contribution in [1.82, 2.24) is 5.32 Å². The molecule has 1 atom stereocenters. The van der Waals surface area contributed by atoms with E-state index in [1.54, 1.807) is 0 Å². The first kappa shape index (κ1) is 11.9. The first-order valence-corrected chi connectivity index (χ1v) is 5.37. The minimum Gasteiger partial charge on any atom is -0.303 e. The van der Waals surface area contributed by atoms with Crippen LogP contribution in [0.4, 0.5) is 0 Å². The lowest BCUT2D eigenvalue weighted by molar-refractivity contribution is 0.456. The molecular formula is C13H18NO. The van der Waals surface area contributed by atoms with Crippen LogP contribution >= 0.6 is 0 Å². The van der Waals surface area contributed by atoms with E-state index in [9.17, 15) is 4.79 Å². The summed E-state index contributed by atoms with van der Waals surface area (Å²) in [4.78, 5) is 10.7. The van der Waals surface area contributed by atoms with Crippen molar-refractivity contribution in [3.63, 3.8) is 0 Å². The lowest BCUT2D eigenvalue weighted by atomic mass is 10.0. The molecule has 0 unspecified atom stereocenters. The Hall–Kier alpha value is -1.15. The van der Waals surface area contributed by atoms with E-state index in [-0.39, 0.29) is 6.04 Å². The van der Waals surface area contributed by atoms with Crippen LogP contribution in [0, 0.1) is 5.92 Å². The van der Waals surface area contributed by atoms with Gasteiger partial charge < -0.3 is 5.32 Å². The van der Waals surface area contributed by atoms with Crippen molar-refractivity contribution < 1.29 is 4.79 Å². The number of hydrogen-bond donors (Lipinski definition) is 1. The fourth-order valence-corrected chi connectivity index (χ4v) is 1.48. The lowest BCUT2D eigenvalue weighted by Gasteiger charge is -2.13. The van der Waals surface area contributed by atoms with Crippen LogP contribution < -0.4 is 5.32 Å². The Morgan fingerprint density at radius 1 is 1.27 bits per heavy atom. The van der Waals surface area contributed by atoms with Crippen molar-refractivity contribution in [3.05, 3.63) is 35.9 Å². The first-order valence-electron chi connectivity index (χ1n) is 5.37. The number of benzene rings is 1. The molecule has 1 aromatic carbocycles. The molecule has 15 heavy (non-hydrogen) atoms. The summed E-state index contributed by atoms with van der Waals surface area (Å²) in [5.41, 5.74) is 1.20. The summed E-state index contributed by atoms with van der Waals surface area (Å²) in [5.74, 6) is 0.514. The monoisotopic (exact) mass is 204 g/mol. The second-order valence-corrected chi connectivity index (χ2v) is 4.17. The molecule has 1 rings (SSSR count). The maximum absolute atomic E-state index is 10.7. The molecule has 0 amide bonds. The molecule has 1 radical (unpaired) electrons. The fraction of sp³-hybridized carbons (Fsp3) is 0.462. The van der Waals surface area contributed by atoms with Gasteiger partial charge in [-0.3, -0.25) is 4.79 Å². The quantitative estimate of drug-likeness (QED) is 0.770. The predicted molar refractivity (Wildman–Crippen MR) is 62.2 cm³/mol. The van der Waals surface area contributed by atoms with Crippen LogP contribution in [0.2, 0.25) is 0 Å². The summed E-state index contributed by atoms with van der Waals surface area (Å²) < 4.78 is 0. The van der Waals surface area contributed by atoms with Crippen molar-refractivity contribution in [2.75, 3.05) is 0 Å². The van der Waals surface area contributed by atoms with E-state index in [0.717, 1.165) is 13.0 Å². The van der Waals surface area contributed by atoms with E-state index in [0.29, 0.717) is 5.92 Å². The lowest BCUT2D eigenvalue weighted by Crippen LogP contribution is -2.31. The second-order valence-electron chi connectivity index (χ2n) is 4.17. The van der Waals surface area contributed by atoms with Gasteiger partial charge >= 0.3 is 0 Å². The molecule has 1 aromatic rings. The molecule has 0 heterocycles. The van der Waals surface area contributed by atoms with Crippen molar-refractivity contribution in [3.8, 4) is 0 Å². The van der Waals surface area contributed by atoms with Gasteiger partial charge in [-0.1, -0.05) is 44.2 Å². The third-order valence-corrected chi connectivity index (χ3v) is 2.24. The molecule has 0 aromatic heterocycles. The van der Waals surface area contributed by atoms with E-state index in [1.165, 1.54) is 5.56 Å². The number of hydrogen-bond acceptors (Lipinski definition) is 2. The van der Waals surface area contributed by atoms with Gasteiger partial charge in [-0.25, -0.2) is 0 Å². The van der Waals surface area contributed by atoms with Gasteiger partial charge in [0.25, 0.3) is 0 Å². The van der Waals surface area contributed by atoms with Crippen molar-refractivity contribution in [1.29, 1.82) is 0 Å². The van der Waals surface area contributed by atoms with Gasteiger partial charge in [0.05, 0.1) is 6.04 Å². The maximum Gasteiger partial charge on any atom is 0.216 e. The fourth-order valence-electron chi connectivity index (χ4n) is 1.48. The summed E-state index contributed by atoms with van der Waals surface area (Å²) in [6.45, 7) is 4.94. The maximum atomic E-state index is 10.7. The molecular weight excluding hydrogens is 186 g/mol. The third-order valence-electron chi connectivity index (χ3n) is 2.24. The van der Waals surface area contributed by atoms with Crippen molar-refractivity contribution in [2.24, 2.45) is 5.92 Å². The molecule has 2 nitrogen and oxygen atoms in total. The zero-order valence-corrected chi connectivity index (χ0v) is 9.36. The van der Waals surface area contributed by atoms with Crippen LogP contribution in [0.15, 0.2) is 30.3 Å². The summed E-state index contributed by atoms with van der Waals surface area (Å²) in [5, 5.41) is 3.19. The Kier molecular flexibility index (Phi) is 5.05. The average Bonchev–Trinajstić information content (AvgIpc) is 2.25. The van der Waals surface area contributed by atoms with Gasteiger partial charge in [-0.05, 0) is 17.9 Å². The Bertz CT molecular complexity index is 282. The molecule has 81 valence electrons. The van der Waals surface area contributed by atoms with Crippen molar-refractivity contribution >= 4 is 6.29 Å². The van der Waals surface area contributed by atoms with E-state index >= 15 is 0 Å². The van der Waals surface area contributed by atoms with Crippen LogP contribution in [-0.4, -0.2) is 12.3 Å². The number of rotatable bonds is 6. The second kappa shape index (κ2) is 6.36. The smallest absolute Gasteiger partial charge is 0.216 e.